The number of benzene rings is 1. The van der Waals surface area contributed by atoms with E-state index in [1.807, 2.05) is 12.1 Å². The molecule has 0 atom stereocenters. The van der Waals surface area contributed by atoms with Gasteiger partial charge in [-0.2, -0.15) is 4.39 Å². The first kappa shape index (κ1) is 25.1. The van der Waals surface area contributed by atoms with Crippen LogP contribution in [0.3, 0.4) is 0 Å². The van der Waals surface area contributed by atoms with Crippen LogP contribution in [-0.2, 0) is 6.54 Å². The van der Waals surface area contributed by atoms with E-state index in [0.717, 1.165) is 42.7 Å². The van der Waals surface area contributed by atoms with Gasteiger partial charge < -0.3 is 20.3 Å². The Morgan fingerprint density at radius 3 is 2.59 bits per heavy atom. The van der Waals surface area contributed by atoms with Crippen LogP contribution < -0.4 is 20.3 Å². The van der Waals surface area contributed by atoms with E-state index in [9.17, 15) is 9.18 Å². The first-order valence-corrected chi connectivity index (χ1v) is 13.5. The summed E-state index contributed by atoms with van der Waals surface area (Å²) in [6, 6.07) is 13.6. The summed E-state index contributed by atoms with van der Waals surface area (Å²) in [5.74, 6) is 0.449. The number of nitrogens with zero attached hydrogens (tertiary/aromatic N) is 5. The van der Waals surface area contributed by atoms with E-state index >= 15 is 0 Å². The highest BCUT2D eigenvalue weighted by Gasteiger charge is 2.32. The van der Waals surface area contributed by atoms with E-state index in [0.29, 0.717) is 35.8 Å². The smallest absolute Gasteiger partial charge is 0.276 e. The number of halogens is 1. The van der Waals surface area contributed by atoms with Gasteiger partial charge >= 0.3 is 0 Å². The van der Waals surface area contributed by atoms with Gasteiger partial charge in [0.2, 0.25) is 5.95 Å². The summed E-state index contributed by atoms with van der Waals surface area (Å²) in [6.45, 7) is 0.696. The molecule has 1 aromatic carbocycles. The van der Waals surface area contributed by atoms with Gasteiger partial charge in [0, 0.05) is 42.6 Å². The molecule has 0 saturated heterocycles. The van der Waals surface area contributed by atoms with Crippen molar-refractivity contribution in [3.63, 3.8) is 0 Å². The van der Waals surface area contributed by atoms with Gasteiger partial charge in [-0.1, -0.05) is 31.4 Å². The zero-order valence-corrected chi connectivity index (χ0v) is 21.9. The number of ether oxygens (including phenoxy) is 1. The zero-order valence-electron chi connectivity index (χ0n) is 21.9. The van der Waals surface area contributed by atoms with Gasteiger partial charge in [-0.05, 0) is 49.4 Å². The molecule has 0 aliphatic heterocycles. The third-order valence-corrected chi connectivity index (χ3v) is 7.43. The standard InChI is InChI=1S/C29H32FN7O2/c1-39-23-11-7-19(8-12-23)18-36(22-9-10-22)24-16-27(33-20-5-3-2-4-6-20)35-37-25(17-32-28(24)37)29(38)34-21-13-14-31-26(30)15-21/h7-8,11-17,20,22H,2-6,9-10,18H2,1H3,(H,33,35)(H,31,34,38). The van der Waals surface area contributed by atoms with Gasteiger partial charge in [0.25, 0.3) is 5.91 Å². The third-order valence-electron chi connectivity index (χ3n) is 7.43. The summed E-state index contributed by atoms with van der Waals surface area (Å²) < 4.78 is 20.6. The molecule has 2 saturated carbocycles. The molecule has 2 fully saturated rings. The van der Waals surface area contributed by atoms with Crippen LogP contribution in [0.25, 0.3) is 5.65 Å². The lowest BCUT2D eigenvalue weighted by Crippen LogP contribution is -2.28. The van der Waals surface area contributed by atoms with Crippen LogP contribution >= 0.6 is 0 Å². The topological polar surface area (TPSA) is 96.7 Å². The van der Waals surface area contributed by atoms with Gasteiger partial charge in [-0.3, -0.25) is 4.79 Å². The summed E-state index contributed by atoms with van der Waals surface area (Å²) in [6.07, 6.45) is 10.9. The molecular weight excluding hydrogens is 497 g/mol. The lowest BCUT2D eigenvalue weighted by atomic mass is 9.95. The van der Waals surface area contributed by atoms with Crippen molar-refractivity contribution in [3.05, 3.63) is 72.1 Å². The van der Waals surface area contributed by atoms with E-state index < -0.39 is 11.9 Å². The number of aromatic nitrogens is 4. The molecule has 1 amide bonds. The van der Waals surface area contributed by atoms with Crippen LogP contribution in [0.4, 0.5) is 21.6 Å². The molecular formula is C29H32FN7O2. The maximum Gasteiger partial charge on any atom is 0.276 e. The summed E-state index contributed by atoms with van der Waals surface area (Å²) in [5.41, 5.74) is 3.28. The first-order chi connectivity index (χ1) is 19.1. The molecule has 10 heteroatoms. The number of methoxy groups -OCH3 is 1. The van der Waals surface area contributed by atoms with Gasteiger partial charge in [-0.25, -0.2) is 14.5 Å². The minimum atomic E-state index is -0.663. The van der Waals surface area contributed by atoms with Crippen LogP contribution in [0.5, 0.6) is 5.75 Å². The molecule has 2 N–H and O–H groups in total. The molecule has 0 bridgehead atoms. The first-order valence-electron chi connectivity index (χ1n) is 13.5. The molecule has 4 aromatic rings. The van der Waals surface area contributed by atoms with Crippen molar-refractivity contribution in [1.29, 1.82) is 0 Å². The quantitative estimate of drug-likeness (QED) is 0.279. The van der Waals surface area contributed by atoms with Gasteiger partial charge in [0.15, 0.2) is 11.3 Å². The Morgan fingerprint density at radius 1 is 1.08 bits per heavy atom. The molecule has 0 unspecified atom stereocenters. The highest BCUT2D eigenvalue weighted by atomic mass is 19.1. The summed E-state index contributed by atoms with van der Waals surface area (Å²) in [4.78, 5) is 23.8. The Morgan fingerprint density at radius 2 is 1.87 bits per heavy atom. The largest absolute Gasteiger partial charge is 0.497 e. The average Bonchev–Trinajstić information content (AvgIpc) is 3.70. The summed E-state index contributed by atoms with van der Waals surface area (Å²) >= 11 is 0. The highest BCUT2D eigenvalue weighted by molar-refractivity contribution is 6.03. The van der Waals surface area contributed by atoms with Crippen LogP contribution in [0.15, 0.2) is 54.9 Å². The molecule has 2 aliphatic carbocycles. The number of anilines is 3. The zero-order chi connectivity index (χ0) is 26.8. The second-order valence-electron chi connectivity index (χ2n) is 10.3. The molecule has 3 heterocycles. The minimum Gasteiger partial charge on any atom is -0.497 e. The molecule has 9 nitrogen and oxygen atoms in total. The van der Waals surface area contributed by atoms with Crippen molar-refractivity contribution >= 4 is 28.7 Å². The Balaban J connectivity index is 1.38. The second-order valence-corrected chi connectivity index (χ2v) is 10.3. The number of carbonyl (C=O) groups is 1. The second kappa shape index (κ2) is 10.9. The number of pyridine rings is 1. The highest BCUT2D eigenvalue weighted by Crippen LogP contribution is 2.37. The number of carbonyl (C=O) groups excluding carboxylic acids is 1. The maximum atomic E-state index is 13.6. The lowest BCUT2D eigenvalue weighted by Gasteiger charge is -2.27. The van der Waals surface area contributed by atoms with Crippen LogP contribution in [0.1, 0.15) is 61.0 Å². The number of rotatable bonds is 9. The fourth-order valence-corrected chi connectivity index (χ4v) is 5.25. The monoisotopic (exact) mass is 529 g/mol. The van der Waals surface area contributed by atoms with Crippen molar-refractivity contribution in [1.82, 2.24) is 19.6 Å². The third kappa shape index (κ3) is 5.64. The number of nitrogens with one attached hydrogen (secondary N) is 2. The van der Waals surface area contributed by atoms with Gasteiger partial charge in [0.05, 0.1) is 19.0 Å². The Hall–Kier alpha value is -4.21. The predicted octanol–water partition coefficient (Wildman–Crippen LogP) is 5.44. The lowest BCUT2D eigenvalue weighted by molar-refractivity contribution is 0.102. The van der Waals surface area contributed by atoms with E-state index in [2.05, 4.69) is 43.7 Å². The fourth-order valence-electron chi connectivity index (χ4n) is 5.25. The molecule has 6 rings (SSSR count). The molecule has 2 aliphatic rings. The van der Waals surface area contributed by atoms with Crippen molar-refractivity contribution < 1.29 is 13.9 Å². The maximum absolute atomic E-state index is 13.6. The summed E-state index contributed by atoms with van der Waals surface area (Å²) in [5, 5.41) is 11.2. The van der Waals surface area contributed by atoms with Gasteiger partial charge in [-0.15, -0.1) is 5.10 Å². The Bertz CT molecular complexity index is 1460. The number of hydrogen-bond donors (Lipinski definition) is 2. The van der Waals surface area contributed by atoms with Crippen LogP contribution in [0, 0.1) is 5.95 Å². The molecule has 202 valence electrons. The molecule has 0 radical (unpaired) electrons. The molecule has 39 heavy (non-hydrogen) atoms. The van der Waals surface area contributed by atoms with Gasteiger partial charge in [0.1, 0.15) is 11.6 Å². The van der Waals surface area contributed by atoms with Crippen molar-refractivity contribution in [2.24, 2.45) is 0 Å². The van der Waals surface area contributed by atoms with Crippen molar-refractivity contribution in [2.75, 3.05) is 22.6 Å². The van der Waals surface area contributed by atoms with E-state index in [1.165, 1.54) is 37.7 Å². The number of fused-ring (bicyclic) bond motifs is 1. The number of imidazole rings is 1. The molecule has 3 aromatic heterocycles. The molecule has 0 spiro atoms. The van der Waals surface area contributed by atoms with E-state index in [4.69, 9.17) is 9.84 Å². The normalized spacial score (nSPS) is 15.7. The number of amides is 1. The Kier molecular flexibility index (Phi) is 7.00. The SMILES string of the molecule is COc1ccc(CN(c2cc(NC3CCCCC3)nn3c(C(=O)Nc4ccnc(F)c4)cnc23)C2CC2)cc1. The fraction of sp³-hybridized carbons (Fsp3) is 0.379. The van der Waals surface area contributed by atoms with Crippen LogP contribution in [-0.4, -0.2) is 44.7 Å². The van der Waals surface area contributed by atoms with E-state index in [1.54, 1.807) is 17.7 Å². The Labute approximate surface area is 226 Å². The van der Waals surface area contributed by atoms with Crippen LogP contribution in [0.2, 0.25) is 0 Å². The van der Waals surface area contributed by atoms with Crippen molar-refractivity contribution in [2.45, 2.75) is 63.6 Å². The average molecular weight is 530 g/mol. The minimum absolute atomic E-state index is 0.274. The predicted molar refractivity (Wildman–Crippen MR) is 148 cm³/mol. The van der Waals surface area contributed by atoms with Crippen molar-refractivity contribution in [3.8, 4) is 5.75 Å². The van der Waals surface area contributed by atoms with E-state index in [-0.39, 0.29) is 5.69 Å². The summed E-state index contributed by atoms with van der Waals surface area (Å²) in [7, 11) is 1.66. The number of hydrogen-bond acceptors (Lipinski definition) is 7.